The summed E-state index contributed by atoms with van der Waals surface area (Å²) in [6.07, 6.45) is 6.50. The minimum Gasteiger partial charge on any atom is -0.385 e. The zero-order valence-electron chi connectivity index (χ0n) is 11.7. The normalized spacial score (nSPS) is 25.4. The van der Waals surface area contributed by atoms with E-state index in [-0.39, 0.29) is 0 Å². The lowest BCUT2D eigenvalue weighted by Gasteiger charge is -2.32. The Hall–Kier alpha value is -0.120. The van der Waals surface area contributed by atoms with Gasteiger partial charge < -0.3 is 14.8 Å². The summed E-state index contributed by atoms with van der Waals surface area (Å²) in [4.78, 5) is 0. The molecule has 0 saturated carbocycles. The Labute approximate surface area is 106 Å². The molecule has 1 aliphatic heterocycles. The number of nitrogens with one attached hydrogen (secondary N) is 1. The Bertz CT molecular complexity index is 185. The molecule has 0 aromatic rings. The first-order chi connectivity index (χ1) is 8.24. The molecule has 1 aliphatic rings. The van der Waals surface area contributed by atoms with Crippen molar-refractivity contribution in [3.05, 3.63) is 0 Å². The van der Waals surface area contributed by atoms with E-state index in [1.807, 2.05) is 0 Å². The van der Waals surface area contributed by atoms with E-state index in [0.29, 0.717) is 18.1 Å². The molecule has 0 spiro atoms. The van der Waals surface area contributed by atoms with E-state index >= 15 is 0 Å². The molecule has 0 aliphatic carbocycles. The van der Waals surface area contributed by atoms with Gasteiger partial charge in [-0.15, -0.1) is 0 Å². The summed E-state index contributed by atoms with van der Waals surface area (Å²) in [7, 11) is 1.77. The molecule has 1 N–H and O–H groups in total. The van der Waals surface area contributed by atoms with Gasteiger partial charge in [-0.25, -0.2) is 0 Å². The van der Waals surface area contributed by atoms with Gasteiger partial charge >= 0.3 is 0 Å². The third-order valence-electron chi connectivity index (χ3n) is 3.52. The van der Waals surface area contributed by atoms with Gasteiger partial charge in [0, 0.05) is 26.4 Å². The highest BCUT2D eigenvalue weighted by atomic mass is 16.5. The number of rotatable bonds is 8. The fraction of sp³-hybridized carbons (Fsp3) is 1.00. The molecule has 102 valence electrons. The molecule has 0 amide bonds. The molecule has 3 heteroatoms. The summed E-state index contributed by atoms with van der Waals surface area (Å²) in [6, 6.07) is 0.665. The zero-order valence-corrected chi connectivity index (χ0v) is 11.7. The predicted molar refractivity (Wildman–Crippen MR) is 71.3 cm³/mol. The first-order valence-corrected chi connectivity index (χ1v) is 7.08. The summed E-state index contributed by atoms with van der Waals surface area (Å²) in [5.74, 6) is 0.640. The second-order valence-electron chi connectivity index (χ2n) is 5.38. The molecule has 1 rings (SSSR count). The molecule has 1 heterocycles. The van der Waals surface area contributed by atoms with Gasteiger partial charge in [-0.3, -0.25) is 0 Å². The van der Waals surface area contributed by atoms with E-state index in [4.69, 9.17) is 9.47 Å². The van der Waals surface area contributed by atoms with E-state index in [0.717, 1.165) is 19.8 Å². The fourth-order valence-corrected chi connectivity index (χ4v) is 2.33. The van der Waals surface area contributed by atoms with E-state index in [9.17, 15) is 0 Å². The number of hydrogen-bond donors (Lipinski definition) is 1. The summed E-state index contributed by atoms with van der Waals surface area (Å²) in [6.45, 7) is 7.45. The van der Waals surface area contributed by atoms with Crippen LogP contribution in [0.5, 0.6) is 0 Å². The quantitative estimate of drug-likeness (QED) is 0.665. The fourth-order valence-electron chi connectivity index (χ4n) is 2.33. The number of methoxy groups -OCH3 is 1. The van der Waals surface area contributed by atoms with Crippen LogP contribution in [0, 0.1) is 5.92 Å². The standard InChI is InChI=1S/C14H29NO2/c1-12(2)14-11-13(7-10-17-14)15-8-5-4-6-9-16-3/h12-15H,4-11H2,1-3H3. The summed E-state index contributed by atoms with van der Waals surface area (Å²) < 4.78 is 10.8. The summed E-state index contributed by atoms with van der Waals surface area (Å²) in [5.41, 5.74) is 0. The van der Waals surface area contributed by atoms with Crippen molar-refractivity contribution in [3.8, 4) is 0 Å². The molecule has 0 aromatic carbocycles. The topological polar surface area (TPSA) is 30.5 Å². The van der Waals surface area contributed by atoms with Crippen LogP contribution in [0.15, 0.2) is 0 Å². The van der Waals surface area contributed by atoms with Crippen molar-refractivity contribution in [2.75, 3.05) is 26.9 Å². The second kappa shape index (κ2) is 8.90. The van der Waals surface area contributed by atoms with Crippen LogP contribution in [0.4, 0.5) is 0 Å². The Morgan fingerprint density at radius 1 is 1.29 bits per heavy atom. The minimum absolute atomic E-state index is 0.453. The third kappa shape index (κ3) is 6.39. The molecule has 1 saturated heterocycles. The molecular formula is C14H29NO2. The van der Waals surface area contributed by atoms with Gasteiger partial charge in [0.25, 0.3) is 0 Å². The lowest BCUT2D eigenvalue weighted by atomic mass is 9.95. The zero-order chi connectivity index (χ0) is 12.5. The van der Waals surface area contributed by atoms with Crippen LogP contribution in [-0.4, -0.2) is 39.0 Å². The highest BCUT2D eigenvalue weighted by Crippen LogP contribution is 2.20. The number of hydrogen-bond acceptors (Lipinski definition) is 3. The van der Waals surface area contributed by atoms with Gasteiger partial charge in [0.2, 0.25) is 0 Å². The maximum absolute atomic E-state index is 5.77. The van der Waals surface area contributed by atoms with Crippen LogP contribution in [0.3, 0.4) is 0 Å². The molecule has 0 aromatic heterocycles. The first-order valence-electron chi connectivity index (χ1n) is 7.08. The lowest BCUT2D eigenvalue weighted by Crippen LogP contribution is -2.41. The minimum atomic E-state index is 0.453. The van der Waals surface area contributed by atoms with Crippen LogP contribution < -0.4 is 5.32 Å². The van der Waals surface area contributed by atoms with Crippen LogP contribution in [0.1, 0.15) is 46.0 Å². The van der Waals surface area contributed by atoms with Gasteiger partial charge in [0.1, 0.15) is 0 Å². The molecule has 2 atom stereocenters. The number of ether oxygens (including phenoxy) is 2. The lowest BCUT2D eigenvalue weighted by molar-refractivity contribution is -0.0242. The molecule has 0 radical (unpaired) electrons. The molecular weight excluding hydrogens is 214 g/mol. The van der Waals surface area contributed by atoms with Gasteiger partial charge in [0.05, 0.1) is 6.10 Å². The Morgan fingerprint density at radius 2 is 2.12 bits per heavy atom. The Kier molecular flexibility index (Phi) is 7.82. The van der Waals surface area contributed by atoms with Crippen LogP contribution in [0.25, 0.3) is 0 Å². The summed E-state index contributed by atoms with van der Waals surface area (Å²) in [5, 5.41) is 3.66. The van der Waals surface area contributed by atoms with Gasteiger partial charge in [0.15, 0.2) is 0 Å². The average Bonchev–Trinajstić information content (AvgIpc) is 2.34. The van der Waals surface area contributed by atoms with Crippen LogP contribution in [0.2, 0.25) is 0 Å². The smallest absolute Gasteiger partial charge is 0.0612 e. The average molecular weight is 243 g/mol. The van der Waals surface area contributed by atoms with Crippen molar-refractivity contribution < 1.29 is 9.47 Å². The van der Waals surface area contributed by atoms with Crippen LogP contribution >= 0.6 is 0 Å². The van der Waals surface area contributed by atoms with Crippen molar-refractivity contribution >= 4 is 0 Å². The molecule has 3 nitrogen and oxygen atoms in total. The van der Waals surface area contributed by atoms with Crippen molar-refractivity contribution in [3.63, 3.8) is 0 Å². The highest BCUT2D eigenvalue weighted by Gasteiger charge is 2.24. The first kappa shape index (κ1) is 14.9. The largest absolute Gasteiger partial charge is 0.385 e. The van der Waals surface area contributed by atoms with E-state index in [2.05, 4.69) is 19.2 Å². The van der Waals surface area contributed by atoms with Crippen molar-refractivity contribution in [2.45, 2.75) is 58.1 Å². The molecule has 2 unspecified atom stereocenters. The Morgan fingerprint density at radius 3 is 2.82 bits per heavy atom. The maximum atomic E-state index is 5.77. The molecule has 17 heavy (non-hydrogen) atoms. The Balaban J connectivity index is 2.02. The summed E-state index contributed by atoms with van der Waals surface area (Å²) >= 11 is 0. The van der Waals surface area contributed by atoms with Crippen molar-refractivity contribution in [1.82, 2.24) is 5.32 Å². The van der Waals surface area contributed by atoms with Crippen molar-refractivity contribution in [1.29, 1.82) is 0 Å². The van der Waals surface area contributed by atoms with Gasteiger partial charge in [-0.2, -0.15) is 0 Å². The number of unbranched alkanes of at least 4 members (excludes halogenated alkanes) is 2. The SMILES string of the molecule is COCCCCCNC1CCOC(C(C)C)C1. The van der Waals surface area contributed by atoms with Gasteiger partial charge in [-0.1, -0.05) is 13.8 Å². The van der Waals surface area contributed by atoms with E-state index in [1.54, 1.807) is 7.11 Å². The maximum Gasteiger partial charge on any atom is 0.0612 e. The van der Waals surface area contributed by atoms with Gasteiger partial charge in [-0.05, 0) is 44.6 Å². The molecule has 0 bridgehead atoms. The van der Waals surface area contributed by atoms with Crippen LogP contribution in [-0.2, 0) is 9.47 Å². The molecule has 1 fully saturated rings. The monoisotopic (exact) mass is 243 g/mol. The van der Waals surface area contributed by atoms with Crippen molar-refractivity contribution in [2.24, 2.45) is 5.92 Å². The third-order valence-corrected chi connectivity index (χ3v) is 3.52. The predicted octanol–water partition coefficient (Wildman–Crippen LogP) is 2.60. The highest BCUT2D eigenvalue weighted by molar-refractivity contribution is 4.78. The second-order valence-corrected chi connectivity index (χ2v) is 5.38. The van der Waals surface area contributed by atoms with E-state index in [1.165, 1.54) is 32.1 Å². The van der Waals surface area contributed by atoms with E-state index < -0.39 is 0 Å².